The van der Waals surface area contributed by atoms with Crippen LogP contribution in [0.2, 0.25) is 0 Å². The lowest BCUT2D eigenvalue weighted by molar-refractivity contribution is 0.102. The van der Waals surface area contributed by atoms with E-state index < -0.39 is 10.0 Å². The fourth-order valence-electron chi connectivity index (χ4n) is 2.08. The highest BCUT2D eigenvalue weighted by Crippen LogP contribution is 2.22. The topological polar surface area (TPSA) is 79.4 Å². The van der Waals surface area contributed by atoms with Gasteiger partial charge in [-0.05, 0) is 31.0 Å². The second-order valence-electron chi connectivity index (χ2n) is 5.10. The van der Waals surface area contributed by atoms with Gasteiger partial charge >= 0.3 is 0 Å². The highest BCUT2D eigenvalue weighted by atomic mass is 32.2. The maximum atomic E-state index is 12.6. The number of rotatable bonds is 6. The Morgan fingerprint density at radius 3 is 2.74 bits per heavy atom. The largest absolute Gasteiger partial charge is 0.298 e. The minimum atomic E-state index is -3.61. The van der Waals surface area contributed by atoms with Crippen LogP contribution < -0.4 is 5.32 Å². The summed E-state index contributed by atoms with van der Waals surface area (Å²) in [4.78, 5) is 16.4. The van der Waals surface area contributed by atoms with Crippen molar-refractivity contribution in [2.24, 2.45) is 0 Å². The van der Waals surface area contributed by atoms with Gasteiger partial charge in [0, 0.05) is 30.7 Å². The van der Waals surface area contributed by atoms with E-state index in [0.29, 0.717) is 17.2 Å². The summed E-state index contributed by atoms with van der Waals surface area (Å²) in [6.07, 6.45) is 2.31. The molecule has 0 aliphatic carbocycles. The average molecular weight is 353 g/mol. The molecular formula is C15H19N3O3S2. The number of amides is 1. The van der Waals surface area contributed by atoms with Gasteiger partial charge in [0.2, 0.25) is 10.0 Å². The summed E-state index contributed by atoms with van der Waals surface area (Å²) in [5.74, 6) is -0.380. The number of nitrogens with one attached hydrogen (secondary N) is 1. The molecule has 2 aromatic rings. The lowest BCUT2D eigenvalue weighted by Gasteiger charge is -2.18. The Kier molecular flexibility index (Phi) is 5.51. The molecule has 1 heterocycles. The van der Waals surface area contributed by atoms with Gasteiger partial charge in [-0.15, -0.1) is 11.3 Å². The van der Waals surface area contributed by atoms with Crippen LogP contribution in [0.1, 0.15) is 29.3 Å². The molecule has 1 N–H and O–H groups in total. The molecule has 0 fully saturated rings. The Morgan fingerprint density at radius 2 is 2.13 bits per heavy atom. The van der Waals surface area contributed by atoms with E-state index in [1.54, 1.807) is 37.7 Å². The summed E-state index contributed by atoms with van der Waals surface area (Å²) in [5, 5.41) is 4.88. The first-order valence-electron chi connectivity index (χ1n) is 7.14. The first-order valence-corrected chi connectivity index (χ1v) is 9.46. The maximum Gasteiger partial charge on any atom is 0.257 e. The van der Waals surface area contributed by atoms with E-state index in [9.17, 15) is 13.2 Å². The molecule has 2 rings (SSSR count). The second-order valence-corrected chi connectivity index (χ2v) is 8.01. The van der Waals surface area contributed by atoms with E-state index in [1.165, 1.54) is 21.7 Å². The molecule has 124 valence electrons. The molecule has 6 nitrogen and oxygen atoms in total. The zero-order valence-electron chi connectivity index (χ0n) is 13.2. The zero-order chi connectivity index (χ0) is 17.0. The van der Waals surface area contributed by atoms with Crippen LogP contribution >= 0.6 is 11.3 Å². The van der Waals surface area contributed by atoms with Crippen LogP contribution in [0.4, 0.5) is 5.13 Å². The number of sulfonamides is 1. The van der Waals surface area contributed by atoms with E-state index >= 15 is 0 Å². The molecule has 0 saturated carbocycles. The van der Waals surface area contributed by atoms with Crippen molar-refractivity contribution in [3.63, 3.8) is 0 Å². The highest BCUT2D eigenvalue weighted by Gasteiger charge is 2.23. The predicted octanol–water partition coefficient (Wildman–Crippen LogP) is 2.73. The number of aryl methyl sites for hydroxylation is 1. The minimum Gasteiger partial charge on any atom is -0.298 e. The summed E-state index contributed by atoms with van der Waals surface area (Å²) in [6, 6.07) is 4.67. The smallest absolute Gasteiger partial charge is 0.257 e. The van der Waals surface area contributed by atoms with E-state index in [-0.39, 0.29) is 16.4 Å². The lowest BCUT2D eigenvalue weighted by atomic mass is 10.1. The summed E-state index contributed by atoms with van der Waals surface area (Å²) in [5.41, 5.74) is 0.896. The van der Waals surface area contributed by atoms with Gasteiger partial charge in [0.15, 0.2) is 5.13 Å². The number of anilines is 1. The number of nitrogens with zero attached hydrogens (tertiary/aromatic N) is 2. The summed E-state index contributed by atoms with van der Waals surface area (Å²) < 4.78 is 26.5. The Hall–Kier alpha value is -1.77. The minimum absolute atomic E-state index is 0.153. The molecule has 0 aliphatic heterocycles. The quantitative estimate of drug-likeness (QED) is 0.866. The highest BCUT2D eigenvalue weighted by molar-refractivity contribution is 7.89. The summed E-state index contributed by atoms with van der Waals surface area (Å²) in [7, 11) is -2.07. The fourth-order valence-corrected chi connectivity index (χ4v) is 4.11. The summed E-state index contributed by atoms with van der Waals surface area (Å²) in [6.45, 7) is 4.06. The van der Waals surface area contributed by atoms with Gasteiger partial charge in [0.25, 0.3) is 5.91 Å². The molecule has 0 atom stereocenters. The van der Waals surface area contributed by atoms with Crippen molar-refractivity contribution in [3.8, 4) is 0 Å². The summed E-state index contributed by atoms with van der Waals surface area (Å²) >= 11 is 1.30. The number of thiazole rings is 1. The molecule has 8 heteroatoms. The molecule has 0 aliphatic rings. The van der Waals surface area contributed by atoms with E-state index in [4.69, 9.17) is 0 Å². The Morgan fingerprint density at radius 1 is 1.39 bits per heavy atom. The van der Waals surface area contributed by atoms with Crippen molar-refractivity contribution in [2.45, 2.75) is 25.2 Å². The first-order chi connectivity index (χ1) is 10.9. The third-order valence-electron chi connectivity index (χ3n) is 3.33. The third kappa shape index (κ3) is 3.95. The Bertz CT molecular complexity index is 786. The van der Waals surface area contributed by atoms with Crippen molar-refractivity contribution in [2.75, 3.05) is 18.9 Å². The van der Waals surface area contributed by atoms with Crippen molar-refractivity contribution in [1.29, 1.82) is 0 Å². The van der Waals surface area contributed by atoms with Crippen LogP contribution in [-0.4, -0.2) is 37.2 Å². The van der Waals surface area contributed by atoms with Crippen molar-refractivity contribution in [1.82, 2.24) is 9.29 Å². The van der Waals surface area contributed by atoms with Crippen molar-refractivity contribution in [3.05, 3.63) is 40.9 Å². The number of benzene rings is 1. The number of carbonyl (C=O) groups is 1. The maximum absolute atomic E-state index is 12.6. The molecule has 1 amide bonds. The van der Waals surface area contributed by atoms with Gasteiger partial charge < -0.3 is 0 Å². The standard InChI is InChI=1S/C15H19N3O3S2/c1-4-8-18(3)23(20,21)13-10-12(6-5-11(13)2)14(19)17-15-16-7-9-22-15/h5-7,9-10H,4,8H2,1-3H3,(H,16,17,19). The molecule has 0 bridgehead atoms. The molecular weight excluding hydrogens is 334 g/mol. The van der Waals surface area contributed by atoms with Gasteiger partial charge in [-0.2, -0.15) is 0 Å². The number of hydrogen-bond donors (Lipinski definition) is 1. The Labute approximate surface area is 140 Å². The molecule has 1 aromatic heterocycles. The van der Waals surface area contributed by atoms with Crippen LogP contribution in [0.15, 0.2) is 34.7 Å². The molecule has 0 radical (unpaired) electrons. The van der Waals surface area contributed by atoms with Crippen molar-refractivity contribution < 1.29 is 13.2 Å². The van der Waals surface area contributed by atoms with Crippen LogP contribution in [0, 0.1) is 6.92 Å². The van der Waals surface area contributed by atoms with Gasteiger partial charge in [-0.3, -0.25) is 10.1 Å². The van der Waals surface area contributed by atoms with Crippen LogP contribution in [0.3, 0.4) is 0 Å². The van der Waals surface area contributed by atoms with E-state index in [1.807, 2.05) is 6.92 Å². The predicted molar refractivity (Wildman–Crippen MR) is 91.4 cm³/mol. The first kappa shape index (κ1) is 17.6. The van der Waals surface area contributed by atoms with Gasteiger partial charge in [0.05, 0.1) is 4.90 Å². The SMILES string of the molecule is CCCN(C)S(=O)(=O)c1cc(C(=O)Nc2nccs2)ccc1C. The van der Waals surface area contributed by atoms with Gasteiger partial charge in [0.1, 0.15) is 0 Å². The molecule has 23 heavy (non-hydrogen) atoms. The van der Waals surface area contributed by atoms with Gasteiger partial charge in [-0.1, -0.05) is 13.0 Å². The molecule has 0 unspecified atom stereocenters. The van der Waals surface area contributed by atoms with Crippen LogP contribution in [0.25, 0.3) is 0 Å². The zero-order valence-corrected chi connectivity index (χ0v) is 14.9. The monoisotopic (exact) mass is 353 g/mol. The number of carbonyl (C=O) groups excluding carboxylic acids is 1. The normalized spacial score (nSPS) is 11.7. The molecule has 0 saturated heterocycles. The second kappa shape index (κ2) is 7.20. The lowest BCUT2D eigenvalue weighted by Crippen LogP contribution is -2.28. The third-order valence-corrected chi connectivity index (χ3v) is 6.02. The van der Waals surface area contributed by atoms with E-state index in [0.717, 1.165) is 6.42 Å². The van der Waals surface area contributed by atoms with Crippen LogP contribution in [-0.2, 0) is 10.0 Å². The fraction of sp³-hybridized carbons (Fsp3) is 0.333. The number of hydrogen-bond acceptors (Lipinski definition) is 5. The molecule has 0 spiro atoms. The molecule has 1 aromatic carbocycles. The number of aromatic nitrogens is 1. The van der Waals surface area contributed by atoms with Gasteiger partial charge in [-0.25, -0.2) is 17.7 Å². The van der Waals surface area contributed by atoms with Crippen LogP contribution in [0.5, 0.6) is 0 Å². The Balaban J connectivity index is 2.34. The van der Waals surface area contributed by atoms with Crippen molar-refractivity contribution >= 4 is 32.4 Å². The van der Waals surface area contributed by atoms with E-state index in [2.05, 4.69) is 10.3 Å². The average Bonchev–Trinajstić information content (AvgIpc) is 3.00.